The van der Waals surface area contributed by atoms with Crippen LogP contribution in [0.2, 0.25) is 0 Å². The number of rotatable bonds is 5. The second kappa shape index (κ2) is 8.05. The van der Waals surface area contributed by atoms with Crippen LogP contribution in [0.5, 0.6) is 0 Å². The van der Waals surface area contributed by atoms with Gasteiger partial charge in [-0.1, -0.05) is 25.1 Å². The number of nitrogens with zero attached hydrogens (tertiary/aromatic N) is 4. The second-order valence-electron chi connectivity index (χ2n) is 8.04. The third-order valence-corrected chi connectivity index (χ3v) is 6.12. The maximum absolute atomic E-state index is 12.4. The summed E-state index contributed by atoms with van der Waals surface area (Å²) in [4.78, 5) is 16.8. The predicted octanol–water partition coefficient (Wildman–Crippen LogP) is 3.00. The van der Waals surface area contributed by atoms with Crippen molar-refractivity contribution in [2.75, 3.05) is 31.1 Å². The molecule has 2 aliphatic rings. The summed E-state index contributed by atoms with van der Waals surface area (Å²) in [6, 6.07) is 9.95. The van der Waals surface area contributed by atoms with E-state index in [1.807, 2.05) is 41.4 Å². The second-order valence-corrected chi connectivity index (χ2v) is 8.04. The Hall–Kier alpha value is -2.18. The summed E-state index contributed by atoms with van der Waals surface area (Å²) < 4.78 is 8.20. The van der Waals surface area contributed by atoms with Gasteiger partial charge in [0.25, 0.3) is 5.91 Å². The number of carbonyl (C=O) groups excluding carboxylic acids is 1. The van der Waals surface area contributed by atoms with Crippen LogP contribution in [0.15, 0.2) is 36.5 Å². The fourth-order valence-electron chi connectivity index (χ4n) is 4.30. The molecule has 0 unspecified atom stereocenters. The first-order valence-corrected chi connectivity index (χ1v) is 10.3. The van der Waals surface area contributed by atoms with E-state index in [0.29, 0.717) is 6.54 Å². The van der Waals surface area contributed by atoms with Crippen molar-refractivity contribution >= 4 is 11.6 Å². The molecule has 28 heavy (non-hydrogen) atoms. The van der Waals surface area contributed by atoms with Crippen LogP contribution in [0.3, 0.4) is 0 Å². The molecule has 4 rings (SSSR count). The van der Waals surface area contributed by atoms with E-state index in [1.165, 1.54) is 11.3 Å². The molecule has 1 spiro atoms. The lowest BCUT2D eigenvalue weighted by atomic mass is 9.89. The number of para-hydroxylation sites is 1. The van der Waals surface area contributed by atoms with E-state index >= 15 is 0 Å². The Balaban J connectivity index is 1.38. The highest BCUT2D eigenvalue weighted by Crippen LogP contribution is 2.33. The van der Waals surface area contributed by atoms with Crippen LogP contribution < -0.4 is 4.90 Å². The average Bonchev–Trinajstić information content (AvgIpc) is 3.06. The number of ether oxygens (including phenoxy) is 1. The molecule has 3 heterocycles. The van der Waals surface area contributed by atoms with E-state index < -0.39 is 0 Å². The lowest BCUT2D eigenvalue weighted by Gasteiger charge is -2.47. The normalized spacial score (nSPS) is 20.1. The van der Waals surface area contributed by atoms with Crippen LogP contribution in [0.1, 0.15) is 37.4 Å². The molecule has 6 heteroatoms. The molecule has 2 fully saturated rings. The van der Waals surface area contributed by atoms with Crippen molar-refractivity contribution in [3.05, 3.63) is 47.8 Å². The van der Waals surface area contributed by atoms with Gasteiger partial charge in [0.05, 0.1) is 18.3 Å². The summed E-state index contributed by atoms with van der Waals surface area (Å²) in [6.07, 6.45) is 5.02. The Bertz CT molecular complexity index is 809. The zero-order chi connectivity index (χ0) is 19.6. The number of likely N-dealkylation sites (tertiary alicyclic amines) is 1. The molecule has 0 saturated carbocycles. The maximum Gasteiger partial charge on any atom is 0.253 e. The fraction of sp³-hybridized carbons (Fsp3) is 0.545. The monoisotopic (exact) mass is 382 g/mol. The fourth-order valence-corrected chi connectivity index (χ4v) is 4.30. The Morgan fingerprint density at radius 3 is 2.64 bits per heavy atom. The number of hydrogen-bond acceptors (Lipinski definition) is 4. The number of benzene rings is 1. The molecule has 0 N–H and O–H groups in total. The van der Waals surface area contributed by atoms with Gasteiger partial charge in [-0.15, -0.1) is 0 Å². The van der Waals surface area contributed by atoms with Gasteiger partial charge in [0.1, 0.15) is 6.61 Å². The molecule has 2 saturated heterocycles. The highest BCUT2D eigenvalue weighted by Gasteiger charge is 2.42. The molecule has 0 bridgehead atoms. The number of aromatic nitrogens is 2. The molecule has 1 aromatic carbocycles. The minimum absolute atomic E-state index is 0.0539. The quantitative estimate of drug-likeness (QED) is 0.798. The van der Waals surface area contributed by atoms with Crippen molar-refractivity contribution in [1.29, 1.82) is 0 Å². The number of carbonyl (C=O) groups is 1. The van der Waals surface area contributed by atoms with E-state index in [9.17, 15) is 4.79 Å². The van der Waals surface area contributed by atoms with Crippen molar-refractivity contribution in [3.8, 4) is 0 Å². The van der Waals surface area contributed by atoms with Gasteiger partial charge in [-0.05, 0) is 38.3 Å². The van der Waals surface area contributed by atoms with Gasteiger partial charge in [-0.25, -0.2) is 0 Å². The number of aryl methyl sites for hydroxylation is 1. The molecule has 0 aliphatic carbocycles. The highest BCUT2D eigenvalue weighted by molar-refractivity contribution is 5.95. The smallest absolute Gasteiger partial charge is 0.253 e. The van der Waals surface area contributed by atoms with E-state index in [0.717, 1.165) is 51.1 Å². The molecule has 2 aromatic rings. The summed E-state index contributed by atoms with van der Waals surface area (Å²) in [7, 11) is 0. The number of amides is 1. The van der Waals surface area contributed by atoms with Crippen LogP contribution in [0, 0.1) is 6.92 Å². The van der Waals surface area contributed by atoms with Gasteiger partial charge in [0.2, 0.25) is 0 Å². The van der Waals surface area contributed by atoms with Gasteiger partial charge in [0, 0.05) is 43.1 Å². The summed E-state index contributed by atoms with van der Waals surface area (Å²) in [6.45, 7) is 9.05. The predicted molar refractivity (Wildman–Crippen MR) is 109 cm³/mol. The molecule has 2 aliphatic heterocycles. The third kappa shape index (κ3) is 3.84. The molecule has 0 radical (unpaired) electrons. The molecule has 6 nitrogen and oxygen atoms in total. The topological polar surface area (TPSA) is 50.6 Å². The van der Waals surface area contributed by atoms with Gasteiger partial charge >= 0.3 is 0 Å². The van der Waals surface area contributed by atoms with Crippen LogP contribution in [0.4, 0.5) is 5.69 Å². The first kappa shape index (κ1) is 19.2. The van der Waals surface area contributed by atoms with Gasteiger partial charge in [0.15, 0.2) is 0 Å². The van der Waals surface area contributed by atoms with Gasteiger partial charge < -0.3 is 9.64 Å². The van der Waals surface area contributed by atoms with Crippen molar-refractivity contribution < 1.29 is 9.53 Å². The van der Waals surface area contributed by atoms with Crippen LogP contribution >= 0.6 is 0 Å². The highest BCUT2D eigenvalue weighted by atomic mass is 16.5. The largest absolute Gasteiger partial charge is 0.363 e. The molecular weight excluding hydrogens is 352 g/mol. The van der Waals surface area contributed by atoms with Gasteiger partial charge in [-0.3, -0.25) is 14.4 Å². The molecule has 150 valence electrons. The van der Waals surface area contributed by atoms with Crippen molar-refractivity contribution in [2.24, 2.45) is 0 Å². The average molecular weight is 383 g/mol. The minimum Gasteiger partial charge on any atom is -0.363 e. The maximum atomic E-state index is 12.4. The number of hydrogen-bond donors (Lipinski definition) is 0. The Morgan fingerprint density at radius 1 is 1.18 bits per heavy atom. The van der Waals surface area contributed by atoms with Crippen molar-refractivity contribution in [3.63, 3.8) is 0 Å². The molecule has 1 aromatic heterocycles. The summed E-state index contributed by atoms with van der Waals surface area (Å²) in [5.41, 5.74) is 3.34. The Kier molecular flexibility index (Phi) is 5.51. The summed E-state index contributed by atoms with van der Waals surface area (Å²) in [5, 5.41) is 4.53. The summed E-state index contributed by atoms with van der Waals surface area (Å²) in [5.74, 6) is 0.0539. The first-order valence-electron chi connectivity index (χ1n) is 10.3. The van der Waals surface area contributed by atoms with Crippen molar-refractivity contribution in [2.45, 2.75) is 51.8 Å². The van der Waals surface area contributed by atoms with E-state index in [4.69, 9.17) is 4.74 Å². The lowest BCUT2D eigenvalue weighted by Crippen LogP contribution is -2.58. The van der Waals surface area contributed by atoms with E-state index in [1.54, 1.807) is 0 Å². The van der Waals surface area contributed by atoms with Crippen LogP contribution in [0.25, 0.3) is 0 Å². The number of anilines is 1. The number of piperidine rings is 1. The molecule has 1 amide bonds. The van der Waals surface area contributed by atoms with Crippen LogP contribution in [-0.4, -0.2) is 52.4 Å². The first-order chi connectivity index (χ1) is 13.6. The Labute approximate surface area is 167 Å². The van der Waals surface area contributed by atoms with E-state index in [2.05, 4.69) is 28.5 Å². The summed E-state index contributed by atoms with van der Waals surface area (Å²) >= 11 is 0. The third-order valence-electron chi connectivity index (χ3n) is 6.12. The van der Waals surface area contributed by atoms with Gasteiger partial charge in [-0.2, -0.15) is 5.10 Å². The number of morpholine rings is 1. The standard InChI is InChI=1S/C22H30N4O2/c1-3-11-26-18(2)19(14-23-26)15-24-12-9-22(10-13-24)17-25(21(27)16-28-22)20-7-5-4-6-8-20/h4-8,14H,3,9-13,15-17H2,1-2H3. The SMILES string of the molecule is CCCn1ncc(CN2CCC3(CC2)CN(c2ccccc2)C(=O)CO3)c1C. The van der Waals surface area contributed by atoms with Crippen LogP contribution in [-0.2, 0) is 22.6 Å². The van der Waals surface area contributed by atoms with Crippen molar-refractivity contribution in [1.82, 2.24) is 14.7 Å². The molecular formula is C22H30N4O2. The Morgan fingerprint density at radius 2 is 1.93 bits per heavy atom. The van der Waals surface area contributed by atoms with E-state index in [-0.39, 0.29) is 18.1 Å². The lowest BCUT2D eigenvalue weighted by molar-refractivity contribution is -0.144. The zero-order valence-corrected chi connectivity index (χ0v) is 16.9. The molecule has 0 atom stereocenters. The minimum atomic E-state index is -0.221. The zero-order valence-electron chi connectivity index (χ0n) is 16.9.